The number of halogens is 1. The first-order valence-corrected chi connectivity index (χ1v) is 6.20. The van der Waals surface area contributed by atoms with Crippen LogP contribution in [-0.2, 0) is 5.60 Å². The molecule has 2 nitrogen and oxygen atoms in total. The molecule has 2 aromatic rings. The average molecular weight is 292 g/mol. The van der Waals surface area contributed by atoms with E-state index in [0.29, 0.717) is 0 Å². The fourth-order valence-corrected chi connectivity index (χ4v) is 2.17. The number of aromatic nitrogens is 1. The lowest BCUT2D eigenvalue weighted by molar-refractivity contribution is 0.101. The first kappa shape index (κ1) is 12.3. The molecule has 0 fully saturated rings. The molecule has 0 aliphatic carbocycles. The topological polar surface area (TPSA) is 33.1 Å². The van der Waals surface area contributed by atoms with Gasteiger partial charge >= 0.3 is 0 Å². The minimum absolute atomic E-state index is 0.835. The van der Waals surface area contributed by atoms with E-state index >= 15 is 0 Å². The van der Waals surface area contributed by atoms with Gasteiger partial charge in [0.05, 0.1) is 0 Å². The highest BCUT2D eigenvalue weighted by Gasteiger charge is 2.27. The van der Waals surface area contributed by atoms with Gasteiger partial charge in [-0.2, -0.15) is 0 Å². The maximum atomic E-state index is 10.7. The van der Waals surface area contributed by atoms with Crippen LogP contribution in [0.5, 0.6) is 0 Å². The SMILES string of the molecule is Cc1ccncc1C(C)(O)c1ccc(Br)cc1. The molecule has 1 heterocycles. The molecule has 2 rings (SSSR count). The molecule has 0 amide bonds. The minimum atomic E-state index is -1.01. The fourth-order valence-electron chi connectivity index (χ4n) is 1.90. The van der Waals surface area contributed by atoms with Crippen molar-refractivity contribution in [3.8, 4) is 0 Å². The van der Waals surface area contributed by atoms with Gasteiger partial charge in [-0.3, -0.25) is 4.98 Å². The number of nitrogens with zero attached hydrogens (tertiary/aromatic N) is 1. The van der Waals surface area contributed by atoms with E-state index in [-0.39, 0.29) is 0 Å². The molecule has 17 heavy (non-hydrogen) atoms. The summed E-state index contributed by atoms with van der Waals surface area (Å²) in [7, 11) is 0. The molecule has 0 aliphatic rings. The van der Waals surface area contributed by atoms with Crippen LogP contribution in [0, 0.1) is 6.92 Å². The van der Waals surface area contributed by atoms with E-state index in [2.05, 4.69) is 20.9 Å². The van der Waals surface area contributed by atoms with Crippen molar-refractivity contribution in [1.82, 2.24) is 4.98 Å². The van der Waals surface area contributed by atoms with Gasteiger partial charge in [-0.05, 0) is 43.2 Å². The van der Waals surface area contributed by atoms with Gasteiger partial charge in [-0.1, -0.05) is 28.1 Å². The number of hydrogen-bond acceptors (Lipinski definition) is 2. The first-order valence-electron chi connectivity index (χ1n) is 5.41. The molecular formula is C14H14BrNO. The van der Waals surface area contributed by atoms with Crippen LogP contribution in [0.4, 0.5) is 0 Å². The first-order chi connectivity index (χ1) is 8.01. The van der Waals surface area contributed by atoms with E-state index < -0.39 is 5.60 Å². The van der Waals surface area contributed by atoms with Crippen molar-refractivity contribution in [2.75, 3.05) is 0 Å². The van der Waals surface area contributed by atoms with Crippen molar-refractivity contribution in [3.05, 3.63) is 63.9 Å². The molecule has 1 aromatic carbocycles. The van der Waals surface area contributed by atoms with Crippen LogP contribution in [-0.4, -0.2) is 10.1 Å². The summed E-state index contributed by atoms with van der Waals surface area (Å²) in [5.41, 5.74) is 1.71. The van der Waals surface area contributed by atoms with Gasteiger partial charge in [-0.15, -0.1) is 0 Å². The van der Waals surface area contributed by atoms with Gasteiger partial charge in [0.2, 0.25) is 0 Å². The zero-order chi connectivity index (χ0) is 12.5. The lowest BCUT2D eigenvalue weighted by Crippen LogP contribution is -2.24. The molecule has 0 saturated heterocycles. The third-order valence-corrected chi connectivity index (χ3v) is 3.50. The largest absolute Gasteiger partial charge is 0.381 e. The predicted molar refractivity (Wildman–Crippen MR) is 71.8 cm³/mol. The quantitative estimate of drug-likeness (QED) is 0.920. The summed E-state index contributed by atoms with van der Waals surface area (Å²) in [5, 5.41) is 10.7. The van der Waals surface area contributed by atoms with Crippen molar-refractivity contribution in [2.45, 2.75) is 19.4 Å². The van der Waals surface area contributed by atoms with Crippen LogP contribution >= 0.6 is 15.9 Å². The zero-order valence-corrected chi connectivity index (χ0v) is 11.4. The highest BCUT2D eigenvalue weighted by molar-refractivity contribution is 9.10. The second kappa shape index (κ2) is 4.59. The molecular weight excluding hydrogens is 278 g/mol. The van der Waals surface area contributed by atoms with Crippen molar-refractivity contribution in [1.29, 1.82) is 0 Å². The lowest BCUT2D eigenvalue weighted by Gasteiger charge is -2.25. The monoisotopic (exact) mass is 291 g/mol. The standard InChI is InChI=1S/C14H14BrNO/c1-10-7-8-16-9-13(10)14(2,17)11-3-5-12(15)6-4-11/h3-9,17H,1-2H3. The highest BCUT2D eigenvalue weighted by Crippen LogP contribution is 2.31. The second-order valence-corrected chi connectivity index (χ2v) is 5.19. The van der Waals surface area contributed by atoms with E-state index in [1.807, 2.05) is 37.3 Å². The lowest BCUT2D eigenvalue weighted by atomic mass is 9.87. The normalized spacial score (nSPS) is 14.4. The van der Waals surface area contributed by atoms with Gasteiger partial charge < -0.3 is 5.11 Å². The van der Waals surface area contributed by atoms with E-state index in [0.717, 1.165) is 21.2 Å². The summed E-state index contributed by atoms with van der Waals surface area (Å²) < 4.78 is 1.000. The Kier molecular flexibility index (Phi) is 3.31. The van der Waals surface area contributed by atoms with Crippen molar-refractivity contribution in [3.63, 3.8) is 0 Å². The van der Waals surface area contributed by atoms with Crippen LogP contribution in [0.2, 0.25) is 0 Å². The van der Waals surface area contributed by atoms with Crippen LogP contribution in [0.1, 0.15) is 23.6 Å². The predicted octanol–water partition coefficient (Wildman–Crippen LogP) is 3.41. The Labute approximate surface area is 109 Å². The van der Waals surface area contributed by atoms with Crippen LogP contribution in [0.15, 0.2) is 47.2 Å². The number of aryl methyl sites for hydroxylation is 1. The molecule has 1 aromatic heterocycles. The maximum Gasteiger partial charge on any atom is 0.114 e. The molecule has 3 heteroatoms. The Morgan fingerprint density at radius 2 is 1.82 bits per heavy atom. The second-order valence-electron chi connectivity index (χ2n) is 4.27. The number of benzene rings is 1. The molecule has 1 atom stereocenters. The summed E-state index contributed by atoms with van der Waals surface area (Å²) in [6.07, 6.45) is 3.45. The minimum Gasteiger partial charge on any atom is -0.381 e. The Morgan fingerprint density at radius 1 is 1.18 bits per heavy atom. The van der Waals surface area contributed by atoms with Gasteiger partial charge in [0, 0.05) is 22.4 Å². The van der Waals surface area contributed by atoms with Gasteiger partial charge in [0.1, 0.15) is 5.60 Å². The van der Waals surface area contributed by atoms with Crippen molar-refractivity contribution < 1.29 is 5.11 Å². The third-order valence-electron chi connectivity index (χ3n) is 2.97. The highest BCUT2D eigenvalue weighted by atomic mass is 79.9. The summed E-state index contributed by atoms with van der Waals surface area (Å²) in [4.78, 5) is 4.09. The zero-order valence-electron chi connectivity index (χ0n) is 9.81. The van der Waals surface area contributed by atoms with Gasteiger partial charge in [0.25, 0.3) is 0 Å². The van der Waals surface area contributed by atoms with E-state index in [1.54, 1.807) is 19.3 Å². The average Bonchev–Trinajstić information content (AvgIpc) is 2.30. The van der Waals surface area contributed by atoms with Crippen LogP contribution in [0.3, 0.4) is 0 Å². The summed E-state index contributed by atoms with van der Waals surface area (Å²) >= 11 is 3.39. The number of aliphatic hydroxyl groups is 1. The molecule has 1 N–H and O–H groups in total. The molecule has 0 bridgehead atoms. The molecule has 0 radical (unpaired) electrons. The summed E-state index contributed by atoms with van der Waals surface area (Å²) in [5.74, 6) is 0. The van der Waals surface area contributed by atoms with E-state index in [4.69, 9.17) is 0 Å². The molecule has 0 aliphatic heterocycles. The van der Waals surface area contributed by atoms with Gasteiger partial charge in [-0.25, -0.2) is 0 Å². The van der Waals surface area contributed by atoms with Crippen molar-refractivity contribution in [2.24, 2.45) is 0 Å². The Balaban J connectivity index is 2.49. The van der Waals surface area contributed by atoms with Crippen molar-refractivity contribution >= 4 is 15.9 Å². The Morgan fingerprint density at radius 3 is 2.41 bits per heavy atom. The van der Waals surface area contributed by atoms with Gasteiger partial charge in [0.15, 0.2) is 0 Å². The third kappa shape index (κ3) is 2.40. The molecule has 0 spiro atoms. The summed E-state index contributed by atoms with van der Waals surface area (Å²) in [6, 6.07) is 9.58. The van der Waals surface area contributed by atoms with E-state index in [1.165, 1.54) is 0 Å². The number of hydrogen-bond donors (Lipinski definition) is 1. The molecule has 1 unspecified atom stereocenters. The molecule has 88 valence electrons. The number of pyridine rings is 1. The summed E-state index contributed by atoms with van der Waals surface area (Å²) in [6.45, 7) is 3.77. The van der Waals surface area contributed by atoms with Crippen LogP contribution in [0.25, 0.3) is 0 Å². The number of rotatable bonds is 2. The Hall–Kier alpha value is -1.19. The molecule has 0 saturated carbocycles. The smallest absolute Gasteiger partial charge is 0.114 e. The van der Waals surface area contributed by atoms with E-state index in [9.17, 15) is 5.11 Å². The maximum absolute atomic E-state index is 10.7. The van der Waals surface area contributed by atoms with Crippen LogP contribution < -0.4 is 0 Å². The fraction of sp³-hybridized carbons (Fsp3) is 0.214. The Bertz CT molecular complexity index is 520.